The first-order valence-electron chi connectivity index (χ1n) is 9.59. The van der Waals surface area contributed by atoms with Crippen molar-refractivity contribution in [1.29, 1.82) is 0 Å². The molecule has 1 aromatic heterocycles. The zero-order valence-corrected chi connectivity index (χ0v) is 17.5. The molecule has 0 radical (unpaired) electrons. The van der Waals surface area contributed by atoms with Gasteiger partial charge in [-0.25, -0.2) is 4.98 Å². The fourth-order valence-corrected chi connectivity index (χ4v) is 4.04. The van der Waals surface area contributed by atoms with Crippen LogP contribution in [0.15, 0.2) is 48.5 Å². The van der Waals surface area contributed by atoms with Crippen molar-refractivity contribution in [2.45, 2.75) is 19.8 Å². The number of aromatic nitrogens is 1. The third-order valence-electron chi connectivity index (χ3n) is 4.38. The Morgan fingerprint density at radius 1 is 1.11 bits per heavy atom. The summed E-state index contributed by atoms with van der Waals surface area (Å²) in [6, 6.07) is 15.8. The lowest BCUT2D eigenvalue weighted by atomic mass is 10.1. The number of carbonyl (C=O) groups excluding carboxylic acids is 1. The quantitative estimate of drug-likeness (QED) is 0.542. The number of nitrogens with zero attached hydrogens (tertiary/aromatic N) is 3. The van der Waals surface area contributed by atoms with Crippen molar-refractivity contribution in [3.8, 4) is 5.75 Å². The molecule has 0 aliphatic carbocycles. The van der Waals surface area contributed by atoms with Crippen LogP contribution < -0.4 is 9.64 Å². The number of rotatable bonds is 9. The molecule has 0 spiro atoms. The maximum Gasteiger partial charge on any atom is 0.233 e. The van der Waals surface area contributed by atoms with Crippen LogP contribution in [0.1, 0.15) is 18.9 Å². The number of ether oxygens (including phenoxy) is 1. The summed E-state index contributed by atoms with van der Waals surface area (Å²) in [7, 11) is 4.09. The Hall–Kier alpha value is -2.44. The lowest BCUT2D eigenvalue weighted by Crippen LogP contribution is -2.34. The average Bonchev–Trinajstić information content (AvgIpc) is 3.09. The molecule has 0 bridgehead atoms. The van der Waals surface area contributed by atoms with Crippen LogP contribution in [0.5, 0.6) is 5.75 Å². The van der Waals surface area contributed by atoms with E-state index in [9.17, 15) is 4.79 Å². The highest BCUT2D eigenvalue weighted by Crippen LogP contribution is 2.32. The van der Waals surface area contributed by atoms with E-state index in [0.29, 0.717) is 19.6 Å². The van der Waals surface area contributed by atoms with E-state index in [-0.39, 0.29) is 5.91 Å². The molecule has 0 aliphatic heterocycles. The van der Waals surface area contributed by atoms with Gasteiger partial charge in [-0.3, -0.25) is 9.69 Å². The molecule has 3 rings (SSSR count). The molecule has 0 unspecified atom stereocenters. The molecule has 0 saturated heterocycles. The molecular formula is C22H27N3O2S. The lowest BCUT2D eigenvalue weighted by Gasteiger charge is -2.21. The van der Waals surface area contributed by atoms with Gasteiger partial charge in [0.1, 0.15) is 5.75 Å². The third kappa shape index (κ3) is 5.30. The van der Waals surface area contributed by atoms with E-state index >= 15 is 0 Å². The maximum atomic E-state index is 13.1. The number of anilines is 1. The molecule has 0 aliphatic rings. The second kappa shape index (κ2) is 9.66. The monoisotopic (exact) mass is 397 g/mol. The van der Waals surface area contributed by atoms with Gasteiger partial charge in [0.2, 0.25) is 5.91 Å². The molecule has 0 saturated carbocycles. The molecule has 0 N–H and O–H groups in total. The van der Waals surface area contributed by atoms with E-state index in [4.69, 9.17) is 9.72 Å². The Balaban J connectivity index is 1.84. The minimum absolute atomic E-state index is 0.0778. The van der Waals surface area contributed by atoms with Gasteiger partial charge in [0.25, 0.3) is 0 Å². The van der Waals surface area contributed by atoms with Crippen LogP contribution in [0.2, 0.25) is 0 Å². The molecule has 5 nitrogen and oxygen atoms in total. The Morgan fingerprint density at radius 3 is 2.61 bits per heavy atom. The summed E-state index contributed by atoms with van der Waals surface area (Å²) >= 11 is 1.54. The number of carbonyl (C=O) groups is 1. The van der Waals surface area contributed by atoms with E-state index in [2.05, 4.69) is 4.90 Å². The molecule has 0 fully saturated rings. The Kier molecular flexibility index (Phi) is 7.01. The number of fused-ring (bicyclic) bond motifs is 1. The standard InChI is InChI=1S/C22H27N3O2S/c1-4-27-18-11-12-19-20(16-18)28-22(23-19)25(14-8-13-24(2)3)21(26)15-17-9-6-5-7-10-17/h5-7,9-12,16H,4,8,13-15H2,1-3H3. The first kappa shape index (κ1) is 20.3. The largest absolute Gasteiger partial charge is 0.494 e. The summed E-state index contributed by atoms with van der Waals surface area (Å²) < 4.78 is 6.63. The second-order valence-electron chi connectivity index (χ2n) is 6.92. The predicted molar refractivity (Wildman–Crippen MR) is 116 cm³/mol. The summed E-state index contributed by atoms with van der Waals surface area (Å²) in [6.45, 7) is 4.18. The van der Waals surface area contributed by atoms with Gasteiger partial charge in [-0.05, 0) is 57.7 Å². The summed E-state index contributed by atoms with van der Waals surface area (Å²) in [5.41, 5.74) is 1.92. The molecule has 148 valence electrons. The van der Waals surface area contributed by atoms with E-state index in [1.54, 1.807) is 11.3 Å². The van der Waals surface area contributed by atoms with Crippen LogP contribution in [0.25, 0.3) is 10.2 Å². The molecule has 1 heterocycles. The van der Waals surface area contributed by atoms with Gasteiger partial charge in [-0.2, -0.15) is 0 Å². The summed E-state index contributed by atoms with van der Waals surface area (Å²) in [4.78, 5) is 21.8. The zero-order valence-electron chi connectivity index (χ0n) is 16.7. The van der Waals surface area contributed by atoms with Crippen LogP contribution in [0, 0.1) is 0 Å². The summed E-state index contributed by atoms with van der Waals surface area (Å²) in [5, 5.41) is 0.753. The van der Waals surface area contributed by atoms with Crippen LogP contribution in [0.3, 0.4) is 0 Å². The van der Waals surface area contributed by atoms with Gasteiger partial charge >= 0.3 is 0 Å². The van der Waals surface area contributed by atoms with Crippen LogP contribution >= 0.6 is 11.3 Å². The first-order chi connectivity index (χ1) is 13.6. The van der Waals surface area contributed by atoms with E-state index in [1.165, 1.54) is 0 Å². The van der Waals surface area contributed by atoms with Crippen molar-refractivity contribution >= 4 is 32.6 Å². The van der Waals surface area contributed by atoms with Crippen molar-refractivity contribution in [3.63, 3.8) is 0 Å². The zero-order chi connectivity index (χ0) is 19.9. The van der Waals surface area contributed by atoms with Crippen molar-refractivity contribution in [1.82, 2.24) is 9.88 Å². The van der Waals surface area contributed by atoms with Crippen LogP contribution in [-0.4, -0.2) is 49.6 Å². The van der Waals surface area contributed by atoms with Crippen molar-refractivity contribution in [2.75, 3.05) is 38.7 Å². The number of benzene rings is 2. The van der Waals surface area contributed by atoms with E-state index < -0.39 is 0 Å². The summed E-state index contributed by atoms with van der Waals surface area (Å²) in [6.07, 6.45) is 1.27. The van der Waals surface area contributed by atoms with Gasteiger partial charge < -0.3 is 9.64 Å². The van der Waals surface area contributed by atoms with Gasteiger partial charge in [-0.15, -0.1) is 0 Å². The maximum absolute atomic E-state index is 13.1. The van der Waals surface area contributed by atoms with Gasteiger partial charge in [0.05, 0.1) is 23.2 Å². The Labute approximate surface area is 170 Å². The van der Waals surface area contributed by atoms with Crippen molar-refractivity contribution < 1.29 is 9.53 Å². The van der Waals surface area contributed by atoms with Gasteiger partial charge in [0.15, 0.2) is 5.13 Å². The van der Waals surface area contributed by atoms with Gasteiger partial charge in [0, 0.05) is 6.54 Å². The van der Waals surface area contributed by atoms with E-state index in [0.717, 1.165) is 39.6 Å². The molecule has 0 atom stereocenters. The minimum Gasteiger partial charge on any atom is -0.494 e. The molecule has 1 amide bonds. The topological polar surface area (TPSA) is 45.7 Å². The third-order valence-corrected chi connectivity index (χ3v) is 5.42. The lowest BCUT2D eigenvalue weighted by molar-refractivity contribution is -0.118. The number of amides is 1. The number of hydrogen-bond acceptors (Lipinski definition) is 5. The SMILES string of the molecule is CCOc1ccc2nc(N(CCCN(C)C)C(=O)Cc3ccccc3)sc2c1. The van der Waals surface area contributed by atoms with E-state index in [1.807, 2.05) is 74.4 Å². The molecule has 6 heteroatoms. The van der Waals surface area contributed by atoms with Crippen LogP contribution in [0.4, 0.5) is 5.13 Å². The minimum atomic E-state index is 0.0778. The average molecular weight is 398 g/mol. The molecule has 3 aromatic rings. The second-order valence-corrected chi connectivity index (χ2v) is 7.93. The van der Waals surface area contributed by atoms with Crippen molar-refractivity contribution in [3.05, 3.63) is 54.1 Å². The smallest absolute Gasteiger partial charge is 0.233 e. The fourth-order valence-electron chi connectivity index (χ4n) is 3.00. The number of thiazole rings is 1. The highest BCUT2D eigenvalue weighted by molar-refractivity contribution is 7.22. The highest BCUT2D eigenvalue weighted by atomic mass is 32.1. The van der Waals surface area contributed by atoms with Crippen molar-refractivity contribution in [2.24, 2.45) is 0 Å². The first-order valence-corrected chi connectivity index (χ1v) is 10.4. The van der Waals surface area contributed by atoms with Gasteiger partial charge in [-0.1, -0.05) is 41.7 Å². The predicted octanol–water partition coefficient (Wildman–Crippen LogP) is 4.22. The number of hydrogen-bond donors (Lipinski definition) is 0. The Morgan fingerprint density at radius 2 is 1.89 bits per heavy atom. The molecular weight excluding hydrogens is 370 g/mol. The fraction of sp³-hybridized carbons (Fsp3) is 0.364. The van der Waals surface area contributed by atoms with Crippen LogP contribution in [-0.2, 0) is 11.2 Å². The Bertz CT molecular complexity index is 909. The summed E-state index contributed by atoms with van der Waals surface area (Å²) in [5.74, 6) is 0.911. The normalized spacial score (nSPS) is 11.1. The molecule has 2 aromatic carbocycles. The highest BCUT2D eigenvalue weighted by Gasteiger charge is 2.20. The molecule has 28 heavy (non-hydrogen) atoms.